The molecule has 1 fully saturated rings. The van der Waals surface area contributed by atoms with Gasteiger partial charge in [-0.25, -0.2) is 4.68 Å². The quantitative estimate of drug-likeness (QED) is 0.410. The third kappa shape index (κ3) is 5.53. The summed E-state index contributed by atoms with van der Waals surface area (Å²) in [6.07, 6.45) is 5.41. The van der Waals surface area contributed by atoms with Gasteiger partial charge >= 0.3 is 0 Å². The number of methoxy groups -OCH3 is 3. The monoisotopic (exact) mass is 479 g/mol. The summed E-state index contributed by atoms with van der Waals surface area (Å²) < 4.78 is 18.7. The number of thiazole rings is 1. The van der Waals surface area contributed by atoms with Gasteiger partial charge in [-0.2, -0.15) is 5.10 Å². The van der Waals surface area contributed by atoms with Gasteiger partial charge in [-0.05, 0) is 55.7 Å². The minimum absolute atomic E-state index is 0.579. The first-order chi connectivity index (χ1) is 16.6. The van der Waals surface area contributed by atoms with E-state index in [4.69, 9.17) is 24.3 Å². The van der Waals surface area contributed by atoms with E-state index < -0.39 is 0 Å². The molecule has 1 aromatic heterocycles. The van der Waals surface area contributed by atoms with E-state index in [1.165, 1.54) is 24.1 Å². The van der Waals surface area contributed by atoms with Crippen LogP contribution >= 0.6 is 11.3 Å². The number of hydrogen-bond acceptors (Lipinski definition) is 6. The predicted molar refractivity (Wildman–Crippen MR) is 138 cm³/mol. The second-order valence-corrected chi connectivity index (χ2v) is 9.45. The molecule has 0 spiro atoms. The molecular weight excluding hydrogens is 446 g/mol. The smallest absolute Gasteiger partial charge is 0.206 e. The maximum absolute atomic E-state index is 5.60. The van der Waals surface area contributed by atoms with Crippen molar-refractivity contribution in [2.45, 2.75) is 39.0 Å². The normalized spacial score (nSPS) is 17.7. The fourth-order valence-corrected chi connectivity index (χ4v) is 5.21. The summed E-state index contributed by atoms with van der Waals surface area (Å²) in [5.41, 5.74) is 4.43. The second kappa shape index (κ2) is 11.4. The van der Waals surface area contributed by atoms with Crippen LogP contribution in [0.15, 0.2) is 57.9 Å². The van der Waals surface area contributed by atoms with E-state index in [9.17, 15) is 0 Å². The molecular formula is C27H33N3O3S. The highest BCUT2D eigenvalue weighted by Gasteiger charge is 2.19. The van der Waals surface area contributed by atoms with E-state index in [1.807, 2.05) is 22.9 Å². The fourth-order valence-electron chi connectivity index (χ4n) is 4.35. The van der Waals surface area contributed by atoms with Crippen molar-refractivity contribution in [3.05, 3.63) is 58.2 Å². The summed E-state index contributed by atoms with van der Waals surface area (Å²) in [7, 11) is 4.89. The molecule has 3 aromatic rings. The van der Waals surface area contributed by atoms with Gasteiger partial charge in [-0.15, -0.1) is 11.3 Å². The average molecular weight is 480 g/mol. The molecule has 2 aromatic carbocycles. The van der Waals surface area contributed by atoms with Crippen LogP contribution in [0.2, 0.25) is 0 Å². The van der Waals surface area contributed by atoms with Gasteiger partial charge in [0.1, 0.15) is 0 Å². The molecule has 6 nitrogen and oxygen atoms in total. The minimum atomic E-state index is 0.579. The number of benzene rings is 2. The lowest BCUT2D eigenvalue weighted by molar-refractivity contribution is 0.324. The summed E-state index contributed by atoms with van der Waals surface area (Å²) in [5, 5.41) is 7.23. The lowest BCUT2D eigenvalue weighted by Crippen LogP contribution is -2.19. The van der Waals surface area contributed by atoms with Crippen LogP contribution in [0, 0.1) is 5.92 Å². The molecule has 4 rings (SSSR count). The van der Waals surface area contributed by atoms with Crippen molar-refractivity contribution in [2.75, 3.05) is 27.9 Å². The maximum atomic E-state index is 5.60. The zero-order valence-electron chi connectivity index (χ0n) is 20.4. The predicted octanol–water partition coefficient (Wildman–Crippen LogP) is 5.80. The number of aromatic nitrogens is 1. The maximum Gasteiger partial charge on any atom is 0.206 e. The van der Waals surface area contributed by atoms with Crippen molar-refractivity contribution in [3.8, 4) is 28.5 Å². The van der Waals surface area contributed by atoms with Crippen molar-refractivity contribution in [1.29, 1.82) is 0 Å². The topological polar surface area (TPSA) is 57.3 Å². The van der Waals surface area contributed by atoms with E-state index >= 15 is 0 Å². The van der Waals surface area contributed by atoms with Crippen LogP contribution in [-0.4, -0.2) is 38.3 Å². The molecule has 0 aliphatic heterocycles. The SMILES string of the molecule is COc1cc(-c2csc(=NCCc3ccccc3)n2N=C2CCCC(C)C2)cc(OC)c1OC. The van der Waals surface area contributed by atoms with Crippen LogP contribution in [0.3, 0.4) is 0 Å². The molecule has 7 heteroatoms. The summed E-state index contributed by atoms with van der Waals surface area (Å²) in [5.74, 6) is 2.48. The molecule has 0 bridgehead atoms. The van der Waals surface area contributed by atoms with Gasteiger partial charge < -0.3 is 14.2 Å². The van der Waals surface area contributed by atoms with Crippen molar-refractivity contribution < 1.29 is 14.2 Å². The van der Waals surface area contributed by atoms with Gasteiger partial charge in [0.25, 0.3) is 0 Å². The van der Waals surface area contributed by atoms with E-state index in [0.717, 1.165) is 35.3 Å². The van der Waals surface area contributed by atoms with Gasteiger partial charge in [0.15, 0.2) is 11.5 Å². The highest BCUT2D eigenvalue weighted by atomic mass is 32.1. The lowest BCUT2D eigenvalue weighted by atomic mass is 9.89. The molecule has 0 amide bonds. The highest BCUT2D eigenvalue weighted by molar-refractivity contribution is 7.07. The van der Waals surface area contributed by atoms with Gasteiger partial charge in [-0.3, -0.25) is 4.99 Å². The number of ether oxygens (including phenoxy) is 3. The first-order valence-corrected chi connectivity index (χ1v) is 12.6. The molecule has 1 unspecified atom stereocenters. The van der Waals surface area contributed by atoms with Crippen molar-refractivity contribution >= 4 is 17.0 Å². The van der Waals surface area contributed by atoms with Gasteiger partial charge in [0.2, 0.25) is 10.6 Å². The molecule has 1 aliphatic rings. The van der Waals surface area contributed by atoms with Crippen molar-refractivity contribution in [3.63, 3.8) is 0 Å². The number of nitrogens with zero attached hydrogens (tertiary/aromatic N) is 3. The van der Waals surface area contributed by atoms with Crippen molar-refractivity contribution in [1.82, 2.24) is 4.68 Å². The molecule has 1 aliphatic carbocycles. The Morgan fingerprint density at radius 2 is 1.76 bits per heavy atom. The van der Waals surface area contributed by atoms with Crippen LogP contribution < -0.4 is 19.0 Å². The molecule has 1 atom stereocenters. The Hall–Kier alpha value is -3.06. The van der Waals surface area contributed by atoms with Crippen LogP contribution in [0.4, 0.5) is 0 Å². The van der Waals surface area contributed by atoms with E-state index in [2.05, 4.69) is 36.6 Å². The largest absolute Gasteiger partial charge is 0.493 e. The van der Waals surface area contributed by atoms with E-state index in [1.54, 1.807) is 32.7 Å². The zero-order valence-corrected chi connectivity index (χ0v) is 21.2. The van der Waals surface area contributed by atoms with Gasteiger partial charge in [0.05, 0.1) is 27.0 Å². The molecule has 1 saturated carbocycles. The number of hydrogen-bond donors (Lipinski definition) is 0. The Balaban J connectivity index is 1.77. The third-order valence-electron chi connectivity index (χ3n) is 6.12. The minimum Gasteiger partial charge on any atom is -0.493 e. The standard InChI is InChI=1S/C27H33N3O3S/c1-19-9-8-12-22(15-19)29-30-23(21-16-24(31-2)26(33-4)25(17-21)32-3)18-34-27(30)28-14-13-20-10-6-5-7-11-20/h5-7,10-11,16-19H,8-9,12-15H2,1-4H3. The summed E-state index contributed by atoms with van der Waals surface area (Å²) in [4.78, 5) is 5.83. The molecule has 1 heterocycles. The van der Waals surface area contributed by atoms with Crippen LogP contribution in [0.1, 0.15) is 38.2 Å². The number of rotatable bonds is 8. The summed E-state index contributed by atoms with van der Waals surface area (Å²) in [6, 6.07) is 14.4. The van der Waals surface area contributed by atoms with E-state index in [-0.39, 0.29) is 0 Å². The Labute approximate surface area is 205 Å². The van der Waals surface area contributed by atoms with Gasteiger partial charge in [-0.1, -0.05) is 37.3 Å². The highest BCUT2D eigenvalue weighted by Crippen LogP contribution is 2.41. The first-order valence-electron chi connectivity index (χ1n) is 11.7. The molecule has 0 radical (unpaired) electrons. The second-order valence-electron chi connectivity index (χ2n) is 8.61. The molecule has 180 valence electrons. The van der Waals surface area contributed by atoms with Crippen molar-refractivity contribution in [2.24, 2.45) is 16.0 Å². The fraction of sp³-hybridized carbons (Fsp3) is 0.407. The van der Waals surface area contributed by atoms with E-state index in [0.29, 0.717) is 29.7 Å². The molecule has 34 heavy (non-hydrogen) atoms. The zero-order chi connectivity index (χ0) is 23.9. The Morgan fingerprint density at radius 3 is 2.41 bits per heavy atom. The van der Waals surface area contributed by atoms with Crippen LogP contribution in [0.25, 0.3) is 11.3 Å². The lowest BCUT2D eigenvalue weighted by Gasteiger charge is -2.19. The Bertz CT molecular complexity index is 1170. The summed E-state index contributed by atoms with van der Waals surface area (Å²) >= 11 is 1.61. The molecule has 0 saturated heterocycles. The average Bonchev–Trinajstić information content (AvgIpc) is 3.25. The van der Waals surface area contributed by atoms with Gasteiger partial charge in [0, 0.05) is 23.2 Å². The third-order valence-corrected chi connectivity index (χ3v) is 6.98. The van der Waals surface area contributed by atoms with Crippen LogP contribution in [-0.2, 0) is 6.42 Å². The Kier molecular flexibility index (Phi) is 8.06. The van der Waals surface area contributed by atoms with Crippen LogP contribution in [0.5, 0.6) is 17.2 Å². The first kappa shape index (κ1) is 24.1. The molecule has 0 N–H and O–H groups in total. The Morgan fingerprint density at radius 1 is 1.03 bits per heavy atom. The summed E-state index contributed by atoms with van der Waals surface area (Å²) in [6.45, 7) is 3.01.